The third-order valence-electron chi connectivity index (χ3n) is 1.96. The minimum Gasteiger partial charge on any atom is -0.247 e. The molecule has 1 saturated heterocycles. The van der Waals surface area contributed by atoms with Crippen molar-refractivity contribution in [1.29, 1.82) is 0 Å². The van der Waals surface area contributed by atoms with Gasteiger partial charge in [-0.1, -0.05) is 6.92 Å². The quantitative estimate of drug-likeness (QED) is 0.515. The predicted molar refractivity (Wildman–Crippen MR) is 36.0 cm³/mol. The maximum atomic E-state index is 12.0. The summed E-state index contributed by atoms with van der Waals surface area (Å²) in [6, 6.07) is 0. The molecule has 1 rings (SSSR count). The van der Waals surface area contributed by atoms with Gasteiger partial charge < -0.3 is 0 Å². The highest BCUT2D eigenvalue weighted by Crippen LogP contribution is 2.18. The number of hydrogen-bond acceptors (Lipinski definition) is 1. The number of alkyl halides is 2. The first-order valence-electron chi connectivity index (χ1n) is 3.72. The van der Waals surface area contributed by atoms with Crippen molar-refractivity contribution >= 4 is 0 Å². The summed E-state index contributed by atoms with van der Waals surface area (Å²) in [6.45, 7) is 0.913. The molecule has 0 spiro atoms. The largest absolute Gasteiger partial charge is 0.294 e. The highest BCUT2D eigenvalue weighted by atomic mass is 19.3. The van der Waals surface area contributed by atoms with Gasteiger partial charge in [0, 0.05) is 13.1 Å². The molecule has 10 heavy (non-hydrogen) atoms. The van der Waals surface area contributed by atoms with Crippen LogP contribution in [-0.4, -0.2) is 24.5 Å². The molecular weight excluding hydrogens is 136 g/mol. The van der Waals surface area contributed by atoms with Gasteiger partial charge >= 0.3 is 0 Å². The van der Waals surface area contributed by atoms with E-state index in [4.69, 9.17) is 0 Å². The van der Waals surface area contributed by atoms with Gasteiger partial charge in [-0.05, 0) is 18.8 Å². The van der Waals surface area contributed by atoms with E-state index in [1.807, 2.05) is 6.92 Å². The number of halogens is 2. The Bertz CT molecular complexity index is 106. The Balaban J connectivity index is 2.32. The van der Waals surface area contributed by atoms with Gasteiger partial charge in [0.2, 0.25) is 0 Å². The molecule has 60 valence electrons. The minimum atomic E-state index is -2.25. The van der Waals surface area contributed by atoms with Crippen LogP contribution in [0.15, 0.2) is 0 Å². The Morgan fingerprint density at radius 3 is 2.60 bits per heavy atom. The maximum absolute atomic E-state index is 12.0. The number of hydrogen-bond donors (Lipinski definition) is 0. The fourth-order valence-corrected chi connectivity index (χ4v) is 1.40. The van der Waals surface area contributed by atoms with Crippen LogP contribution in [0.1, 0.15) is 19.8 Å². The Morgan fingerprint density at radius 2 is 2.20 bits per heavy atom. The average Bonchev–Trinajstić information content (AvgIpc) is 1.88. The Labute approximate surface area is 60.0 Å². The third kappa shape index (κ3) is 1.90. The first-order chi connectivity index (χ1) is 4.70. The molecule has 1 unspecified atom stereocenters. The molecule has 1 nitrogen and oxygen atoms in total. The lowest BCUT2D eigenvalue weighted by Gasteiger charge is -2.29. The number of rotatable bonds is 1. The van der Waals surface area contributed by atoms with Crippen molar-refractivity contribution in [3.63, 3.8) is 0 Å². The number of likely N-dealkylation sites (tertiary alicyclic amines) is 1. The van der Waals surface area contributed by atoms with Crippen LogP contribution < -0.4 is 0 Å². The van der Waals surface area contributed by atoms with Crippen LogP contribution in [0.5, 0.6) is 0 Å². The Morgan fingerprint density at radius 1 is 1.50 bits per heavy atom. The second-order valence-electron chi connectivity index (χ2n) is 3.02. The van der Waals surface area contributed by atoms with Gasteiger partial charge in [-0.3, -0.25) is 0 Å². The zero-order valence-electron chi connectivity index (χ0n) is 6.19. The van der Waals surface area contributed by atoms with E-state index in [1.54, 1.807) is 0 Å². The van der Waals surface area contributed by atoms with Gasteiger partial charge in [-0.15, -0.1) is 0 Å². The first-order valence-corrected chi connectivity index (χ1v) is 3.72. The summed E-state index contributed by atoms with van der Waals surface area (Å²) >= 11 is 0. The normalized spacial score (nSPS) is 29.4. The second kappa shape index (κ2) is 3.28. The van der Waals surface area contributed by atoms with Crippen molar-refractivity contribution < 1.29 is 8.78 Å². The lowest BCUT2D eigenvalue weighted by Crippen LogP contribution is -2.37. The van der Waals surface area contributed by atoms with Crippen molar-refractivity contribution in [2.45, 2.75) is 26.3 Å². The van der Waals surface area contributed by atoms with Gasteiger partial charge in [-0.25, -0.2) is 4.90 Å². The molecule has 0 aromatic heterocycles. The van der Waals surface area contributed by atoms with Crippen molar-refractivity contribution in [2.24, 2.45) is 5.92 Å². The van der Waals surface area contributed by atoms with Crippen LogP contribution in [0.25, 0.3) is 0 Å². The molecular formula is C7H13F2N. The molecule has 1 aliphatic rings. The molecule has 3 heteroatoms. The van der Waals surface area contributed by atoms with Crippen molar-refractivity contribution in [2.75, 3.05) is 13.1 Å². The molecule has 0 radical (unpaired) electrons. The van der Waals surface area contributed by atoms with Gasteiger partial charge in [-0.2, -0.15) is 8.78 Å². The van der Waals surface area contributed by atoms with Crippen LogP contribution in [0.3, 0.4) is 0 Å². The molecule has 1 atom stereocenters. The van der Waals surface area contributed by atoms with Gasteiger partial charge in [0.1, 0.15) is 0 Å². The molecule has 0 saturated carbocycles. The van der Waals surface area contributed by atoms with Crippen LogP contribution in [-0.2, 0) is 0 Å². The van der Waals surface area contributed by atoms with Crippen LogP contribution in [0, 0.1) is 5.92 Å². The van der Waals surface area contributed by atoms with Crippen LogP contribution in [0.2, 0.25) is 0 Å². The van der Waals surface area contributed by atoms with Gasteiger partial charge in [0.15, 0.2) is 0 Å². The SMILES string of the molecule is CC1CCCN(C(F)F)C1. The lowest BCUT2D eigenvalue weighted by atomic mass is 10.0. The molecule has 0 aromatic rings. The van der Waals surface area contributed by atoms with E-state index in [0.29, 0.717) is 19.0 Å². The number of nitrogens with zero attached hydrogens (tertiary/aromatic N) is 1. The zero-order valence-corrected chi connectivity index (χ0v) is 6.19. The first kappa shape index (κ1) is 7.92. The fourth-order valence-electron chi connectivity index (χ4n) is 1.40. The summed E-state index contributed by atoms with van der Waals surface area (Å²) in [4.78, 5) is 1.24. The standard InChI is InChI=1S/C7H13F2N/c1-6-3-2-4-10(5-6)7(8)9/h6-7H,2-5H2,1H3. The zero-order chi connectivity index (χ0) is 7.56. The average molecular weight is 149 g/mol. The lowest BCUT2D eigenvalue weighted by molar-refractivity contribution is -0.0472. The molecule has 0 amide bonds. The fraction of sp³-hybridized carbons (Fsp3) is 1.00. The van der Waals surface area contributed by atoms with E-state index in [9.17, 15) is 8.78 Å². The summed E-state index contributed by atoms with van der Waals surface area (Å²) < 4.78 is 24.0. The van der Waals surface area contributed by atoms with E-state index in [1.165, 1.54) is 4.90 Å². The molecule has 0 bridgehead atoms. The Hall–Kier alpha value is -0.180. The summed E-state index contributed by atoms with van der Waals surface area (Å²) in [7, 11) is 0. The highest BCUT2D eigenvalue weighted by Gasteiger charge is 2.22. The second-order valence-corrected chi connectivity index (χ2v) is 3.02. The van der Waals surface area contributed by atoms with E-state index in [-0.39, 0.29) is 0 Å². The smallest absolute Gasteiger partial charge is 0.247 e. The third-order valence-corrected chi connectivity index (χ3v) is 1.96. The monoisotopic (exact) mass is 149 g/mol. The summed E-state index contributed by atoms with van der Waals surface area (Å²) in [5.41, 5.74) is 0. The van der Waals surface area contributed by atoms with Crippen molar-refractivity contribution in [3.8, 4) is 0 Å². The van der Waals surface area contributed by atoms with Crippen molar-refractivity contribution in [3.05, 3.63) is 0 Å². The van der Waals surface area contributed by atoms with Gasteiger partial charge in [0.25, 0.3) is 6.55 Å². The van der Waals surface area contributed by atoms with E-state index in [2.05, 4.69) is 0 Å². The molecule has 0 aliphatic carbocycles. The van der Waals surface area contributed by atoms with E-state index >= 15 is 0 Å². The molecule has 0 aromatic carbocycles. The van der Waals surface area contributed by atoms with E-state index < -0.39 is 6.55 Å². The molecule has 1 aliphatic heterocycles. The summed E-state index contributed by atoms with van der Waals surface area (Å²) in [5, 5.41) is 0. The molecule has 1 heterocycles. The minimum absolute atomic E-state index is 0.447. The van der Waals surface area contributed by atoms with Crippen LogP contribution >= 0.6 is 0 Å². The highest BCUT2D eigenvalue weighted by molar-refractivity contribution is 4.68. The van der Waals surface area contributed by atoms with E-state index in [0.717, 1.165) is 12.8 Å². The summed E-state index contributed by atoms with van der Waals surface area (Å²) in [6.07, 6.45) is 2.02. The summed E-state index contributed by atoms with van der Waals surface area (Å²) in [5.74, 6) is 0.447. The molecule has 0 N–H and O–H groups in total. The van der Waals surface area contributed by atoms with Crippen molar-refractivity contribution in [1.82, 2.24) is 4.90 Å². The number of piperidine rings is 1. The maximum Gasteiger partial charge on any atom is 0.294 e. The topological polar surface area (TPSA) is 3.24 Å². The predicted octanol–water partition coefficient (Wildman–Crippen LogP) is 1.94. The van der Waals surface area contributed by atoms with Crippen LogP contribution in [0.4, 0.5) is 8.78 Å². The van der Waals surface area contributed by atoms with Gasteiger partial charge in [0.05, 0.1) is 0 Å². The Kier molecular flexibility index (Phi) is 2.60. The molecule has 1 fully saturated rings.